The summed E-state index contributed by atoms with van der Waals surface area (Å²) in [5, 5.41) is 12.2. The molecule has 0 aliphatic carbocycles. The van der Waals surface area contributed by atoms with E-state index in [-0.39, 0.29) is 0 Å². The van der Waals surface area contributed by atoms with Crippen LogP contribution >= 0.6 is 0 Å². The summed E-state index contributed by atoms with van der Waals surface area (Å²) in [6.07, 6.45) is 0. The van der Waals surface area contributed by atoms with E-state index in [9.17, 15) is 0 Å². The van der Waals surface area contributed by atoms with Crippen molar-refractivity contribution in [3.05, 3.63) is 72.8 Å². The van der Waals surface area contributed by atoms with Crippen LogP contribution in [0.5, 0.6) is 0 Å². The summed E-state index contributed by atoms with van der Waals surface area (Å²) in [7, 11) is -2.77. The van der Waals surface area contributed by atoms with Crippen LogP contribution in [0.25, 0.3) is 43.6 Å². The zero-order valence-corrected chi connectivity index (χ0v) is 29.8. The number of nitrogens with zero attached hydrogens (tertiary/aromatic N) is 2. The number of fused-ring (bicyclic) bond motifs is 4. The Morgan fingerprint density at radius 2 is 0.550 bits per heavy atom. The molecule has 0 saturated heterocycles. The van der Waals surface area contributed by atoms with Gasteiger partial charge in [0.15, 0.2) is 0 Å². The van der Waals surface area contributed by atoms with Crippen LogP contribution in [0.2, 0.25) is 52.4 Å². The molecule has 2 nitrogen and oxygen atoms in total. The van der Waals surface area contributed by atoms with E-state index in [1.54, 1.807) is 20.7 Å². The van der Waals surface area contributed by atoms with Crippen LogP contribution in [0, 0.1) is 0 Å². The summed E-state index contributed by atoms with van der Waals surface area (Å²) in [6, 6.07) is 30.0. The van der Waals surface area contributed by atoms with Crippen LogP contribution in [0.4, 0.5) is 0 Å². The largest absolute Gasteiger partial charge is 0.344 e. The van der Waals surface area contributed by atoms with E-state index in [2.05, 4.69) is 148 Å². The average molecular weight is 591 g/mol. The van der Waals surface area contributed by atoms with E-state index in [0.29, 0.717) is 0 Å². The van der Waals surface area contributed by atoms with E-state index < -0.39 is 30.4 Å². The molecule has 0 amide bonds. The second kappa shape index (κ2) is 8.00. The van der Waals surface area contributed by atoms with Gasteiger partial charge in [-0.25, -0.2) is 0 Å². The molecule has 6 aromatic rings. The Hall–Kier alpha value is -2.65. The van der Waals surface area contributed by atoms with E-state index in [4.69, 9.17) is 0 Å². The summed E-state index contributed by atoms with van der Waals surface area (Å²) < 4.78 is 4.83. The van der Waals surface area contributed by atoms with Gasteiger partial charge in [-0.05, 0) is 24.3 Å². The number of rotatable bonds is 0. The Labute approximate surface area is 242 Å². The van der Waals surface area contributed by atoms with E-state index >= 15 is 0 Å². The van der Waals surface area contributed by atoms with Gasteiger partial charge in [0.1, 0.15) is 0 Å². The fraction of sp³-hybridized carbons (Fsp3) is 0.294. The standard InChI is InChI=1S/C34H42N2Si4/c1-35-31-15-11-23-19-27(31)28-20-24(12-16-32(28)35)38(5,6)40(9,10)26-14-18-34-30(22-26)29-21-25(13-17-33(29)36(34)2)39(7,8)37(23,3)4/h11-22H,1-10H3. The second-order valence-corrected chi connectivity index (χ2v) is 44.9. The minimum Gasteiger partial charge on any atom is -0.344 e. The summed E-state index contributed by atoms with van der Waals surface area (Å²) in [6.45, 7) is 21.1. The first-order chi connectivity index (χ1) is 18.7. The first kappa shape index (κ1) is 26.3. The average Bonchev–Trinajstić information content (AvgIpc) is 3.37. The molecular formula is C34H42N2Si4. The van der Waals surface area contributed by atoms with E-state index in [0.717, 1.165) is 0 Å². The van der Waals surface area contributed by atoms with Crippen molar-refractivity contribution in [1.29, 1.82) is 0 Å². The predicted molar refractivity (Wildman–Crippen MR) is 189 cm³/mol. The monoisotopic (exact) mass is 590 g/mol. The van der Waals surface area contributed by atoms with Crippen LogP contribution in [0.15, 0.2) is 72.8 Å². The van der Waals surface area contributed by atoms with Gasteiger partial charge in [-0.1, -0.05) is 122 Å². The number of hydrogen-bond donors (Lipinski definition) is 0. The highest BCUT2D eigenvalue weighted by atomic mass is 29.3. The van der Waals surface area contributed by atoms with Gasteiger partial charge >= 0.3 is 0 Å². The first-order valence-corrected chi connectivity index (χ1v) is 28.7. The molecule has 0 radical (unpaired) electrons. The molecule has 8 bridgehead atoms. The fourth-order valence-electron chi connectivity index (χ4n) is 7.43. The molecule has 0 spiro atoms. The Balaban J connectivity index is 1.65. The van der Waals surface area contributed by atoms with Crippen molar-refractivity contribution in [3.8, 4) is 0 Å². The van der Waals surface area contributed by atoms with Crippen molar-refractivity contribution in [2.24, 2.45) is 14.1 Å². The zero-order valence-electron chi connectivity index (χ0n) is 25.8. The SMILES string of the molecule is Cn1c2ccc3cc2c2cc(ccc21)[Si](C)(C)[Si](C)(C)c1ccc2c(c1)c1cc(ccc1n2C)[Si](C)(C)[Si]3(C)C. The summed E-state index contributed by atoms with van der Waals surface area (Å²) in [5.41, 5.74) is 5.44. The smallest absolute Gasteiger partial charge is 0.0791 e. The van der Waals surface area contributed by atoms with Crippen LogP contribution in [-0.2, 0) is 14.1 Å². The van der Waals surface area contributed by atoms with Crippen LogP contribution in [0.1, 0.15) is 0 Å². The van der Waals surface area contributed by atoms with Crippen LogP contribution in [-0.4, -0.2) is 39.5 Å². The van der Waals surface area contributed by atoms with Crippen molar-refractivity contribution in [3.63, 3.8) is 0 Å². The fourth-order valence-corrected chi connectivity index (χ4v) is 24.9. The molecule has 1 aliphatic rings. The number of aryl methyl sites for hydroxylation is 2. The topological polar surface area (TPSA) is 9.86 Å². The number of benzene rings is 4. The third-order valence-corrected chi connectivity index (χ3v) is 47.5. The molecule has 40 heavy (non-hydrogen) atoms. The molecule has 2 aromatic heterocycles. The van der Waals surface area contributed by atoms with Crippen molar-refractivity contribution in [2.75, 3.05) is 0 Å². The summed E-state index contributed by atoms with van der Waals surface area (Å²) in [5.74, 6) is 0. The normalized spacial score (nSPS) is 19.1. The minimum absolute atomic E-state index is 1.36. The lowest BCUT2D eigenvalue weighted by Crippen LogP contribution is -2.69. The molecule has 1 aliphatic heterocycles. The molecule has 204 valence electrons. The van der Waals surface area contributed by atoms with Crippen molar-refractivity contribution in [1.82, 2.24) is 9.13 Å². The molecule has 0 fully saturated rings. The Bertz CT molecular complexity index is 1750. The lowest BCUT2D eigenvalue weighted by Gasteiger charge is -2.40. The highest BCUT2D eigenvalue weighted by Crippen LogP contribution is 2.33. The molecule has 7 rings (SSSR count). The van der Waals surface area contributed by atoms with Gasteiger partial charge in [0, 0.05) is 57.7 Å². The van der Waals surface area contributed by atoms with E-state index in [1.165, 1.54) is 43.6 Å². The minimum atomic E-state index is -1.81. The van der Waals surface area contributed by atoms with Gasteiger partial charge in [-0.3, -0.25) is 0 Å². The van der Waals surface area contributed by atoms with Crippen LogP contribution in [0.3, 0.4) is 0 Å². The molecule has 0 unspecified atom stereocenters. The van der Waals surface area contributed by atoms with Crippen molar-refractivity contribution < 1.29 is 0 Å². The Morgan fingerprint density at radius 3 is 0.750 bits per heavy atom. The van der Waals surface area contributed by atoms with Gasteiger partial charge in [0.25, 0.3) is 0 Å². The molecule has 4 aromatic carbocycles. The van der Waals surface area contributed by atoms with Gasteiger partial charge < -0.3 is 9.13 Å². The molecule has 3 heterocycles. The zero-order chi connectivity index (χ0) is 28.6. The molecule has 6 heteroatoms. The van der Waals surface area contributed by atoms with Crippen molar-refractivity contribution in [2.45, 2.75) is 52.4 Å². The molecule has 0 N–H and O–H groups in total. The van der Waals surface area contributed by atoms with Gasteiger partial charge in [-0.15, -0.1) is 0 Å². The lowest BCUT2D eigenvalue weighted by atomic mass is 10.1. The third kappa shape index (κ3) is 3.13. The van der Waals surface area contributed by atoms with E-state index in [1.807, 2.05) is 0 Å². The second-order valence-electron chi connectivity index (χ2n) is 14.5. The molecular weight excluding hydrogens is 549 g/mol. The maximum absolute atomic E-state index is 2.63. The lowest BCUT2D eigenvalue weighted by molar-refractivity contribution is 1.01. The van der Waals surface area contributed by atoms with Gasteiger partial charge in [-0.2, -0.15) is 0 Å². The third-order valence-electron chi connectivity index (χ3n) is 12.0. The Morgan fingerprint density at radius 1 is 0.350 bits per heavy atom. The highest BCUT2D eigenvalue weighted by Gasteiger charge is 2.45. The number of aromatic nitrogens is 2. The van der Waals surface area contributed by atoms with Crippen molar-refractivity contribution >= 4 is 94.7 Å². The summed E-state index contributed by atoms with van der Waals surface area (Å²) >= 11 is 0. The summed E-state index contributed by atoms with van der Waals surface area (Å²) in [4.78, 5) is 0. The Kier molecular flexibility index (Phi) is 5.25. The molecule has 0 saturated carbocycles. The molecule has 0 atom stereocenters. The van der Waals surface area contributed by atoms with Crippen LogP contribution < -0.4 is 20.7 Å². The number of hydrogen-bond acceptors (Lipinski definition) is 0. The maximum Gasteiger partial charge on any atom is 0.0791 e. The van der Waals surface area contributed by atoms with Gasteiger partial charge in [0.2, 0.25) is 0 Å². The first-order valence-electron chi connectivity index (χ1n) is 14.7. The quantitative estimate of drug-likeness (QED) is 0.179. The van der Waals surface area contributed by atoms with Gasteiger partial charge in [0.05, 0.1) is 30.4 Å². The maximum atomic E-state index is 2.63. The highest BCUT2D eigenvalue weighted by molar-refractivity contribution is 7.50. The predicted octanol–water partition coefficient (Wildman–Crippen LogP) is 6.51.